The minimum absolute atomic E-state index is 0.132. The van der Waals surface area contributed by atoms with E-state index in [1.165, 1.54) is 18.6 Å². The molecule has 0 aromatic heterocycles. The number of likely N-dealkylation sites (tertiary alicyclic amines) is 1. The Balaban J connectivity index is 1.66. The van der Waals surface area contributed by atoms with Crippen LogP contribution in [0, 0.1) is 11.7 Å². The summed E-state index contributed by atoms with van der Waals surface area (Å²) in [5, 5.41) is 0. The predicted octanol–water partition coefficient (Wildman–Crippen LogP) is 3.72. The zero-order valence-corrected chi connectivity index (χ0v) is 12.0. The molecule has 1 amide bonds. The lowest BCUT2D eigenvalue weighted by atomic mass is 9.99. The molecule has 1 aromatic rings. The maximum atomic E-state index is 12.9. The van der Waals surface area contributed by atoms with E-state index in [1.54, 1.807) is 0 Å². The van der Waals surface area contributed by atoms with Gasteiger partial charge in [0.25, 0.3) is 0 Å². The first-order valence-electron chi connectivity index (χ1n) is 7.76. The Bertz CT molecular complexity index is 484. The molecule has 108 valence electrons. The Kier molecular flexibility index (Phi) is 3.77. The van der Waals surface area contributed by atoms with Gasteiger partial charge in [0.05, 0.1) is 0 Å². The monoisotopic (exact) mass is 275 g/mol. The highest BCUT2D eigenvalue weighted by atomic mass is 19.1. The summed E-state index contributed by atoms with van der Waals surface area (Å²) < 4.78 is 12.9. The lowest BCUT2D eigenvalue weighted by Gasteiger charge is -2.35. The second-order valence-corrected chi connectivity index (χ2v) is 6.09. The second kappa shape index (κ2) is 5.55. The van der Waals surface area contributed by atoms with Gasteiger partial charge in [-0.05, 0) is 55.7 Å². The van der Waals surface area contributed by atoms with Crippen molar-refractivity contribution in [3.05, 3.63) is 35.6 Å². The number of hydrogen-bond donors (Lipinski definition) is 0. The van der Waals surface area contributed by atoms with Gasteiger partial charge in [-0.15, -0.1) is 0 Å². The summed E-state index contributed by atoms with van der Waals surface area (Å²) in [5.74, 6) is 0.556. The lowest BCUT2D eigenvalue weighted by Crippen LogP contribution is -2.44. The minimum Gasteiger partial charge on any atom is -0.339 e. The maximum absolute atomic E-state index is 12.9. The molecule has 1 aromatic carbocycles. The Morgan fingerprint density at radius 3 is 2.75 bits per heavy atom. The molecule has 2 fully saturated rings. The lowest BCUT2D eigenvalue weighted by molar-refractivity contribution is -0.136. The molecule has 1 aliphatic carbocycles. The minimum atomic E-state index is -0.209. The quantitative estimate of drug-likeness (QED) is 0.823. The van der Waals surface area contributed by atoms with Crippen LogP contribution in [0.2, 0.25) is 0 Å². The van der Waals surface area contributed by atoms with E-state index in [9.17, 15) is 9.18 Å². The molecular weight excluding hydrogens is 253 g/mol. The summed E-state index contributed by atoms with van der Waals surface area (Å²) in [6, 6.07) is 7.06. The van der Waals surface area contributed by atoms with Gasteiger partial charge in [0, 0.05) is 18.5 Å². The van der Waals surface area contributed by atoms with Crippen LogP contribution < -0.4 is 0 Å². The van der Waals surface area contributed by atoms with Crippen LogP contribution in [0.5, 0.6) is 0 Å². The zero-order valence-electron chi connectivity index (χ0n) is 12.0. The zero-order chi connectivity index (χ0) is 14.1. The molecule has 0 spiro atoms. The summed E-state index contributed by atoms with van der Waals surface area (Å²) in [6.07, 6.45) is 5.51. The highest BCUT2D eigenvalue weighted by molar-refractivity contribution is 5.83. The van der Waals surface area contributed by atoms with E-state index in [0.29, 0.717) is 17.9 Å². The first-order chi connectivity index (χ1) is 9.70. The van der Waals surface area contributed by atoms with Crippen molar-refractivity contribution in [2.75, 3.05) is 6.54 Å². The van der Waals surface area contributed by atoms with Gasteiger partial charge in [-0.25, -0.2) is 4.39 Å². The number of benzene rings is 1. The Labute approximate surface area is 120 Å². The molecule has 0 bridgehead atoms. The average Bonchev–Trinajstić information content (AvgIpc) is 3.27. The fraction of sp³-hybridized carbons (Fsp3) is 0.588. The van der Waals surface area contributed by atoms with Crippen molar-refractivity contribution in [3.63, 3.8) is 0 Å². The molecule has 20 heavy (non-hydrogen) atoms. The summed E-state index contributed by atoms with van der Waals surface area (Å²) >= 11 is 0. The maximum Gasteiger partial charge on any atom is 0.226 e. The van der Waals surface area contributed by atoms with E-state index in [0.717, 1.165) is 37.8 Å². The SMILES string of the molecule is CCC1CCCCN1C(=O)C1CC1c1ccc(F)cc1. The molecule has 0 radical (unpaired) electrons. The highest BCUT2D eigenvalue weighted by Gasteiger charge is 2.46. The number of amides is 1. The number of nitrogens with zero attached hydrogens (tertiary/aromatic N) is 1. The molecule has 3 heteroatoms. The first kappa shape index (κ1) is 13.6. The molecule has 1 saturated heterocycles. The largest absolute Gasteiger partial charge is 0.339 e. The van der Waals surface area contributed by atoms with E-state index in [1.807, 2.05) is 12.1 Å². The molecule has 2 aliphatic rings. The van der Waals surface area contributed by atoms with Gasteiger partial charge in [0.15, 0.2) is 0 Å². The van der Waals surface area contributed by atoms with Crippen molar-refractivity contribution in [3.8, 4) is 0 Å². The summed E-state index contributed by atoms with van der Waals surface area (Å²) in [6.45, 7) is 3.09. The van der Waals surface area contributed by atoms with Crippen LogP contribution in [-0.2, 0) is 4.79 Å². The van der Waals surface area contributed by atoms with Crippen LogP contribution in [0.3, 0.4) is 0 Å². The van der Waals surface area contributed by atoms with Gasteiger partial charge >= 0.3 is 0 Å². The fourth-order valence-electron chi connectivity index (χ4n) is 3.47. The van der Waals surface area contributed by atoms with Crippen molar-refractivity contribution in [1.29, 1.82) is 0 Å². The number of halogens is 1. The van der Waals surface area contributed by atoms with Gasteiger partial charge in [0.1, 0.15) is 5.82 Å². The van der Waals surface area contributed by atoms with Crippen LogP contribution in [0.1, 0.15) is 50.5 Å². The number of hydrogen-bond acceptors (Lipinski definition) is 1. The number of carbonyl (C=O) groups is 1. The summed E-state index contributed by atoms with van der Waals surface area (Å²) in [4.78, 5) is 14.7. The van der Waals surface area contributed by atoms with Crippen LogP contribution in [0.25, 0.3) is 0 Å². The van der Waals surface area contributed by atoms with Crippen LogP contribution in [-0.4, -0.2) is 23.4 Å². The third kappa shape index (κ3) is 2.58. The van der Waals surface area contributed by atoms with Crippen molar-refractivity contribution in [2.24, 2.45) is 5.92 Å². The Morgan fingerprint density at radius 1 is 1.30 bits per heavy atom. The highest BCUT2D eigenvalue weighted by Crippen LogP contribution is 2.49. The number of rotatable bonds is 3. The topological polar surface area (TPSA) is 20.3 Å². The van der Waals surface area contributed by atoms with Crippen LogP contribution in [0.15, 0.2) is 24.3 Å². The molecular formula is C17H22FNO. The smallest absolute Gasteiger partial charge is 0.226 e. The Morgan fingerprint density at radius 2 is 2.05 bits per heavy atom. The number of piperidine rings is 1. The second-order valence-electron chi connectivity index (χ2n) is 6.09. The van der Waals surface area contributed by atoms with Crippen molar-refractivity contribution in [2.45, 2.75) is 51.0 Å². The normalized spacial score (nSPS) is 29.3. The molecule has 1 heterocycles. The van der Waals surface area contributed by atoms with E-state index >= 15 is 0 Å². The summed E-state index contributed by atoms with van der Waals surface area (Å²) in [5.41, 5.74) is 1.11. The van der Waals surface area contributed by atoms with Crippen LogP contribution >= 0.6 is 0 Å². The standard InChI is InChI=1S/C17H22FNO/c1-2-14-5-3-4-10-19(14)17(20)16-11-15(16)12-6-8-13(18)9-7-12/h6-9,14-16H,2-5,10-11H2,1H3. The molecule has 3 rings (SSSR count). The molecule has 3 unspecified atom stereocenters. The average molecular weight is 275 g/mol. The van der Waals surface area contributed by atoms with E-state index in [4.69, 9.17) is 0 Å². The molecule has 1 saturated carbocycles. The van der Waals surface area contributed by atoms with Gasteiger partial charge < -0.3 is 4.90 Å². The van der Waals surface area contributed by atoms with Gasteiger partial charge in [-0.3, -0.25) is 4.79 Å². The molecule has 3 atom stereocenters. The van der Waals surface area contributed by atoms with Gasteiger partial charge in [0.2, 0.25) is 5.91 Å². The van der Waals surface area contributed by atoms with Crippen molar-refractivity contribution >= 4 is 5.91 Å². The van der Waals surface area contributed by atoms with E-state index in [-0.39, 0.29) is 11.7 Å². The third-order valence-electron chi connectivity index (χ3n) is 4.79. The predicted molar refractivity (Wildman–Crippen MR) is 76.9 cm³/mol. The third-order valence-corrected chi connectivity index (χ3v) is 4.79. The Hall–Kier alpha value is -1.38. The van der Waals surface area contributed by atoms with E-state index in [2.05, 4.69) is 11.8 Å². The van der Waals surface area contributed by atoms with Crippen LogP contribution in [0.4, 0.5) is 4.39 Å². The fourth-order valence-corrected chi connectivity index (χ4v) is 3.47. The first-order valence-corrected chi connectivity index (χ1v) is 7.76. The molecule has 1 aliphatic heterocycles. The molecule has 0 N–H and O–H groups in total. The van der Waals surface area contributed by atoms with Crippen molar-refractivity contribution in [1.82, 2.24) is 4.90 Å². The van der Waals surface area contributed by atoms with E-state index < -0.39 is 0 Å². The van der Waals surface area contributed by atoms with Crippen molar-refractivity contribution < 1.29 is 9.18 Å². The number of carbonyl (C=O) groups excluding carboxylic acids is 1. The van der Waals surface area contributed by atoms with Gasteiger partial charge in [-0.2, -0.15) is 0 Å². The molecule has 2 nitrogen and oxygen atoms in total. The summed E-state index contributed by atoms with van der Waals surface area (Å²) in [7, 11) is 0. The van der Waals surface area contributed by atoms with Gasteiger partial charge in [-0.1, -0.05) is 19.1 Å².